The van der Waals surface area contributed by atoms with Crippen LogP contribution in [0, 0.1) is 12.8 Å². The number of phenolic OH excluding ortho intramolecular Hbond substituents is 1. The molecule has 5 heteroatoms. The maximum Gasteiger partial charge on any atom is 0.251 e. The van der Waals surface area contributed by atoms with Crippen molar-refractivity contribution in [2.45, 2.75) is 51.5 Å². The molecule has 0 spiro atoms. The highest BCUT2D eigenvalue weighted by atomic mass is 16.3. The van der Waals surface area contributed by atoms with Crippen LogP contribution in [0.2, 0.25) is 0 Å². The van der Waals surface area contributed by atoms with Crippen molar-refractivity contribution in [2.24, 2.45) is 5.92 Å². The Morgan fingerprint density at radius 1 is 1.12 bits per heavy atom. The maximum absolute atomic E-state index is 12.4. The number of nitrogens with one attached hydrogen (secondary N) is 1. The molecule has 2 N–H and O–H groups in total. The topological polar surface area (TPSA) is 69.6 Å². The van der Waals surface area contributed by atoms with E-state index >= 15 is 0 Å². The van der Waals surface area contributed by atoms with Gasteiger partial charge in [0, 0.05) is 36.2 Å². The summed E-state index contributed by atoms with van der Waals surface area (Å²) in [7, 11) is 0. The van der Waals surface area contributed by atoms with Crippen molar-refractivity contribution < 1.29 is 14.7 Å². The van der Waals surface area contributed by atoms with Gasteiger partial charge in [-0.05, 0) is 44.7 Å². The molecule has 0 bridgehead atoms. The predicted octanol–water partition coefficient (Wildman–Crippen LogP) is 2.61. The van der Waals surface area contributed by atoms with Crippen LogP contribution in [0.1, 0.15) is 54.4 Å². The van der Waals surface area contributed by atoms with E-state index in [0.29, 0.717) is 17.0 Å². The lowest BCUT2D eigenvalue weighted by atomic mass is 10.00. The Bertz CT molecular complexity index is 615. The number of hydrogen-bond donors (Lipinski definition) is 2. The van der Waals surface area contributed by atoms with Crippen LogP contribution in [0.25, 0.3) is 0 Å². The lowest BCUT2D eigenvalue weighted by Crippen LogP contribution is -2.47. The van der Waals surface area contributed by atoms with Crippen LogP contribution in [0.4, 0.5) is 0 Å². The minimum absolute atomic E-state index is 0.0897. The zero-order valence-electron chi connectivity index (χ0n) is 14.3. The van der Waals surface area contributed by atoms with Crippen molar-refractivity contribution in [3.63, 3.8) is 0 Å². The van der Waals surface area contributed by atoms with Gasteiger partial charge in [-0.25, -0.2) is 0 Å². The predicted molar refractivity (Wildman–Crippen MR) is 91.9 cm³/mol. The highest BCUT2D eigenvalue weighted by Gasteiger charge is 2.30. The molecule has 130 valence electrons. The number of likely N-dealkylation sites (tertiary alicyclic amines) is 1. The van der Waals surface area contributed by atoms with E-state index in [9.17, 15) is 14.7 Å². The van der Waals surface area contributed by atoms with Crippen LogP contribution < -0.4 is 5.32 Å². The van der Waals surface area contributed by atoms with Gasteiger partial charge in [-0.2, -0.15) is 0 Å². The van der Waals surface area contributed by atoms with E-state index in [4.69, 9.17) is 0 Å². The molecule has 0 atom stereocenters. The average molecular weight is 330 g/mol. The first-order chi connectivity index (χ1) is 11.6. The highest BCUT2D eigenvalue weighted by molar-refractivity contribution is 5.96. The third-order valence-corrected chi connectivity index (χ3v) is 5.40. The van der Waals surface area contributed by atoms with Gasteiger partial charge in [0.25, 0.3) is 5.91 Å². The zero-order valence-corrected chi connectivity index (χ0v) is 14.3. The first kappa shape index (κ1) is 16.8. The van der Waals surface area contributed by atoms with E-state index < -0.39 is 0 Å². The third kappa shape index (κ3) is 3.55. The molecule has 1 aromatic carbocycles. The second kappa shape index (κ2) is 7.24. The minimum atomic E-state index is -0.149. The Kier molecular flexibility index (Phi) is 5.07. The van der Waals surface area contributed by atoms with Gasteiger partial charge >= 0.3 is 0 Å². The van der Waals surface area contributed by atoms with Crippen LogP contribution in [0.3, 0.4) is 0 Å². The van der Waals surface area contributed by atoms with E-state index in [2.05, 4.69) is 5.32 Å². The molecule has 0 aromatic heterocycles. The number of rotatable bonds is 3. The molecule has 1 heterocycles. The number of phenols is 1. The van der Waals surface area contributed by atoms with Crippen LogP contribution in [0.5, 0.6) is 5.75 Å². The molecule has 1 aliphatic carbocycles. The molecule has 1 aromatic rings. The van der Waals surface area contributed by atoms with Gasteiger partial charge in [-0.3, -0.25) is 9.59 Å². The Labute approximate surface area is 143 Å². The summed E-state index contributed by atoms with van der Waals surface area (Å²) >= 11 is 0. The molecular weight excluding hydrogens is 304 g/mol. The van der Waals surface area contributed by atoms with Crippen molar-refractivity contribution in [1.82, 2.24) is 10.2 Å². The molecule has 5 nitrogen and oxygen atoms in total. The van der Waals surface area contributed by atoms with Gasteiger partial charge in [0.15, 0.2) is 0 Å². The van der Waals surface area contributed by atoms with Gasteiger partial charge in [-0.15, -0.1) is 0 Å². The van der Waals surface area contributed by atoms with Crippen molar-refractivity contribution in [3.8, 4) is 5.75 Å². The monoisotopic (exact) mass is 330 g/mol. The number of hydrogen-bond acceptors (Lipinski definition) is 3. The van der Waals surface area contributed by atoms with Crippen molar-refractivity contribution >= 4 is 11.8 Å². The Balaban J connectivity index is 1.52. The number of amides is 2. The molecular formula is C19H26N2O3. The fourth-order valence-electron chi connectivity index (χ4n) is 3.81. The molecule has 1 saturated heterocycles. The van der Waals surface area contributed by atoms with Crippen LogP contribution in [0.15, 0.2) is 18.2 Å². The molecule has 0 radical (unpaired) electrons. The molecule has 3 rings (SSSR count). The van der Waals surface area contributed by atoms with E-state index in [1.165, 1.54) is 12.8 Å². The standard InChI is InChI=1S/C19H26N2O3/c1-13-16(7-4-8-17(13)22)18(23)20-15-9-11-21(12-10-15)19(24)14-5-2-3-6-14/h4,7-8,14-15,22H,2-3,5-6,9-12H2,1H3,(H,20,23). The smallest absolute Gasteiger partial charge is 0.251 e. The first-order valence-electron chi connectivity index (χ1n) is 8.94. The summed E-state index contributed by atoms with van der Waals surface area (Å²) in [5.41, 5.74) is 1.11. The maximum atomic E-state index is 12.4. The molecule has 0 unspecified atom stereocenters. The molecule has 24 heavy (non-hydrogen) atoms. The number of carbonyl (C=O) groups excluding carboxylic acids is 2. The van der Waals surface area contributed by atoms with Gasteiger partial charge in [0.05, 0.1) is 0 Å². The number of piperidine rings is 1. The molecule has 2 fully saturated rings. The first-order valence-corrected chi connectivity index (χ1v) is 8.94. The second-order valence-electron chi connectivity index (χ2n) is 7.00. The van der Waals surface area contributed by atoms with Crippen LogP contribution >= 0.6 is 0 Å². The fourth-order valence-corrected chi connectivity index (χ4v) is 3.81. The summed E-state index contributed by atoms with van der Waals surface area (Å²) in [6.07, 6.45) is 6.00. The normalized spacial score (nSPS) is 19.5. The van der Waals surface area contributed by atoms with Crippen molar-refractivity contribution in [3.05, 3.63) is 29.3 Å². The van der Waals surface area contributed by atoms with E-state index in [1.807, 2.05) is 4.90 Å². The van der Waals surface area contributed by atoms with E-state index in [0.717, 1.165) is 38.8 Å². The van der Waals surface area contributed by atoms with Gasteiger partial charge in [0.2, 0.25) is 5.91 Å². The van der Waals surface area contributed by atoms with Gasteiger partial charge in [-0.1, -0.05) is 18.9 Å². The number of carbonyl (C=O) groups is 2. The number of aromatic hydroxyl groups is 1. The third-order valence-electron chi connectivity index (χ3n) is 5.40. The highest BCUT2D eigenvalue weighted by Crippen LogP contribution is 2.27. The summed E-state index contributed by atoms with van der Waals surface area (Å²) in [5.74, 6) is 0.524. The number of nitrogens with zero attached hydrogens (tertiary/aromatic N) is 1. The molecule has 1 saturated carbocycles. The summed E-state index contributed by atoms with van der Waals surface area (Å²) in [5, 5.41) is 12.8. The quantitative estimate of drug-likeness (QED) is 0.895. The molecule has 1 aliphatic heterocycles. The summed E-state index contributed by atoms with van der Waals surface area (Å²) in [6, 6.07) is 5.08. The Morgan fingerprint density at radius 3 is 2.46 bits per heavy atom. The molecule has 2 aliphatic rings. The summed E-state index contributed by atoms with van der Waals surface area (Å²) < 4.78 is 0. The second-order valence-corrected chi connectivity index (χ2v) is 7.00. The lowest BCUT2D eigenvalue weighted by molar-refractivity contribution is -0.136. The van der Waals surface area contributed by atoms with E-state index in [-0.39, 0.29) is 23.6 Å². The average Bonchev–Trinajstić information content (AvgIpc) is 3.12. The largest absolute Gasteiger partial charge is 0.508 e. The van der Waals surface area contributed by atoms with Gasteiger partial charge < -0.3 is 15.3 Å². The summed E-state index contributed by atoms with van der Waals surface area (Å²) in [6.45, 7) is 3.19. The molecule has 2 amide bonds. The number of benzene rings is 1. The van der Waals surface area contributed by atoms with Crippen LogP contribution in [-0.4, -0.2) is 41.0 Å². The Hall–Kier alpha value is -2.04. The Morgan fingerprint density at radius 2 is 1.79 bits per heavy atom. The van der Waals surface area contributed by atoms with Crippen LogP contribution in [-0.2, 0) is 4.79 Å². The van der Waals surface area contributed by atoms with Crippen molar-refractivity contribution in [1.29, 1.82) is 0 Å². The SMILES string of the molecule is Cc1c(O)cccc1C(=O)NC1CCN(C(=O)C2CCCC2)CC1. The zero-order chi connectivity index (χ0) is 17.1. The minimum Gasteiger partial charge on any atom is -0.508 e. The van der Waals surface area contributed by atoms with Crippen molar-refractivity contribution in [2.75, 3.05) is 13.1 Å². The fraction of sp³-hybridized carbons (Fsp3) is 0.579. The van der Waals surface area contributed by atoms with E-state index in [1.54, 1.807) is 25.1 Å². The van der Waals surface area contributed by atoms with Gasteiger partial charge in [0.1, 0.15) is 5.75 Å². The summed E-state index contributed by atoms with van der Waals surface area (Å²) in [4.78, 5) is 26.8. The lowest BCUT2D eigenvalue weighted by Gasteiger charge is -2.34.